The Morgan fingerprint density at radius 1 is 1.56 bits per heavy atom. The first kappa shape index (κ1) is 10.8. The number of aliphatic carboxylic acids is 1. The molecule has 5 heteroatoms. The second-order valence-electron chi connectivity index (χ2n) is 3.78. The second-order valence-corrected chi connectivity index (χ2v) is 3.78. The van der Waals surface area contributed by atoms with E-state index >= 15 is 0 Å². The summed E-state index contributed by atoms with van der Waals surface area (Å²) in [5.74, 6) is 0.435. The maximum absolute atomic E-state index is 10.6. The Morgan fingerprint density at radius 2 is 2.31 bits per heavy atom. The maximum atomic E-state index is 10.6. The maximum Gasteiger partial charge on any atom is 0.305 e. The topological polar surface area (TPSA) is 81.8 Å². The smallest absolute Gasteiger partial charge is 0.305 e. The number of carbonyl (C=O) groups is 1. The van der Waals surface area contributed by atoms with Gasteiger partial charge in [0.1, 0.15) is 0 Å². The van der Waals surface area contributed by atoms with Crippen LogP contribution in [0.15, 0.2) is 12.1 Å². The molecule has 3 N–H and O–H groups in total. The first-order valence-electron chi connectivity index (χ1n) is 4.95. The molecular formula is C11H13NO4. The van der Waals surface area contributed by atoms with Crippen molar-refractivity contribution in [3.63, 3.8) is 0 Å². The van der Waals surface area contributed by atoms with E-state index in [0.29, 0.717) is 11.5 Å². The van der Waals surface area contributed by atoms with E-state index in [1.165, 1.54) is 0 Å². The van der Waals surface area contributed by atoms with Gasteiger partial charge in [0.15, 0.2) is 11.5 Å². The van der Waals surface area contributed by atoms with E-state index in [9.17, 15) is 4.79 Å². The summed E-state index contributed by atoms with van der Waals surface area (Å²) in [5.41, 5.74) is 7.44. The lowest BCUT2D eigenvalue weighted by molar-refractivity contribution is -0.137. The van der Waals surface area contributed by atoms with Crippen LogP contribution in [0.25, 0.3) is 0 Å². The zero-order valence-corrected chi connectivity index (χ0v) is 8.90. The lowest BCUT2D eigenvalue weighted by atomic mass is 10.0. The van der Waals surface area contributed by atoms with E-state index in [-0.39, 0.29) is 13.2 Å². The molecule has 1 aliphatic heterocycles. The van der Waals surface area contributed by atoms with Crippen LogP contribution < -0.4 is 15.2 Å². The minimum absolute atomic E-state index is 0.0981. The molecule has 1 aliphatic rings. The fraction of sp³-hybridized carbons (Fsp3) is 0.364. The number of aryl methyl sites for hydroxylation is 1. The summed E-state index contributed by atoms with van der Waals surface area (Å²) < 4.78 is 10.5. The molecule has 0 aromatic heterocycles. The van der Waals surface area contributed by atoms with Gasteiger partial charge in [0.25, 0.3) is 0 Å². The highest BCUT2D eigenvalue weighted by Crippen LogP contribution is 2.37. The van der Waals surface area contributed by atoms with Crippen LogP contribution in [-0.2, 0) is 4.79 Å². The van der Waals surface area contributed by atoms with E-state index in [1.54, 1.807) is 6.07 Å². The van der Waals surface area contributed by atoms with Gasteiger partial charge in [-0.3, -0.25) is 4.79 Å². The quantitative estimate of drug-likeness (QED) is 0.804. The second kappa shape index (κ2) is 4.02. The molecule has 1 atom stereocenters. The fourth-order valence-electron chi connectivity index (χ4n) is 1.73. The van der Waals surface area contributed by atoms with Crippen molar-refractivity contribution in [1.82, 2.24) is 0 Å². The summed E-state index contributed by atoms with van der Waals surface area (Å²) >= 11 is 0. The zero-order valence-electron chi connectivity index (χ0n) is 8.90. The largest absolute Gasteiger partial charge is 0.481 e. The standard InChI is InChI=1S/C11H13NO4/c1-6-2-7(8(12)4-10(13)14)3-9-11(6)16-5-15-9/h2-3,8H,4-5,12H2,1H3,(H,13,14). The highest BCUT2D eigenvalue weighted by atomic mass is 16.7. The van der Waals surface area contributed by atoms with E-state index in [2.05, 4.69) is 0 Å². The van der Waals surface area contributed by atoms with Crippen LogP contribution >= 0.6 is 0 Å². The molecule has 0 radical (unpaired) electrons. The Morgan fingerprint density at radius 3 is 3.00 bits per heavy atom. The third-order valence-electron chi connectivity index (χ3n) is 2.50. The lowest BCUT2D eigenvalue weighted by Crippen LogP contribution is -2.15. The molecule has 0 saturated heterocycles. The van der Waals surface area contributed by atoms with Crippen LogP contribution in [-0.4, -0.2) is 17.9 Å². The van der Waals surface area contributed by atoms with Crippen molar-refractivity contribution in [2.75, 3.05) is 6.79 Å². The van der Waals surface area contributed by atoms with E-state index in [1.807, 2.05) is 13.0 Å². The monoisotopic (exact) mass is 223 g/mol. The average Bonchev–Trinajstić information content (AvgIpc) is 2.64. The molecule has 0 amide bonds. The number of rotatable bonds is 3. The molecule has 86 valence electrons. The molecular weight excluding hydrogens is 210 g/mol. The third-order valence-corrected chi connectivity index (χ3v) is 2.50. The predicted molar refractivity (Wildman–Crippen MR) is 56.5 cm³/mol. The Bertz CT molecular complexity index is 430. The van der Waals surface area contributed by atoms with Crippen molar-refractivity contribution in [3.8, 4) is 11.5 Å². The summed E-state index contributed by atoms with van der Waals surface area (Å²) in [7, 11) is 0. The van der Waals surface area contributed by atoms with Gasteiger partial charge in [-0.1, -0.05) is 6.07 Å². The van der Waals surface area contributed by atoms with Gasteiger partial charge in [-0.2, -0.15) is 0 Å². The SMILES string of the molecule is Cc1cc(C(N)CC(=O)O)cc2c1OCO2. The van der Waals surface area contributed by atoms with Gasteiger partial charge in [0.2, 0.25) is 6.79 Å². The Balaban J connectivity index is 2.29. The number of nitrogens with two attached hydrogens (primary N) is 1. The van der Waals surface area contributed by atoms with Crippen molar-refractivity contribution in [3.05, 3.63) is 23.3 Å². The molecule has 0 fully saturated rings. The summed E-state index contributed by atoms with van der Waals surface area (Å²) in [6.07, 6.45) is -0.0981. The average molecular weight is 223 g/mol. The molecule has 5 nitrogen and oxygen atoms in total. The van der Waals surface area contributed by atoms with Crippen LogP contribution in [0.4, 0.5) is 0 Å². The van der Waals surface area contributed by atoms with Crippen molar-refractivity contribution < 1.29 is 19.4 Å². The predicted octanol–water partition coefficient (Wildman–Crippen LogP) is 1.20. The summed E-state index contributed by atoms with van der Waals surface area (Å²) in [6, 6.07) is 3.05. The van der Waals surface area contributed by atoms with Crippen molar-refractivity contribution >= 4 is 5.97 Å². The zero-order chi connectivity index (χ0) is 11.7. The molecule has 1 heterocycles. The normalized spacial score (nSPS) is 14.9. The van der Waals surface area contributed by atoms with Crippen molar-refractivity contribution in [2.24, 2.45) is 5.73 Å². The molecule has 1 unspecified atom stereocenters. The number of carboxylic acid groups (broad SMARTS) is 1. The van der Waals surface area contributed by atoms with Gasteiger partial charge in [0, 0.05) is 6.04 Å². The molecule has 0 bridgehead atoms. The van der Waals surface area contributed by atoms with Gasteiger partial charge in [0.05, 0.1) is 6.42 Å². The first-order valence-corrected chi connectivity index (χ1v) is 4.95. The van der Waals surface area contributed by atoms with Crippen LogP contribution in [0.2, 0.25) is 0 Å². The molecule has 2 rings (SSSR count). The summed E-state index contributed by atoms with van der Waals surface area (Å²) in [6.45, 7) is 2.08. The highest BCUT2D eigenvalue weighted by molar-refractivity contribution is 5.68. The molecule has 1 aromatic carbocycles. The van der Waals surface area contributed by atoms with Crippen molar-refractivity contribution in [2.45, 2.75) is 19.4 Å². The summed E-state index contributed by atoms with van der Waals surface area (Å²) in [4.78, 5) is 10.6. The Labute approximate surface area is 92.8 Å². The lowest BCUT2D eigenvalue weighted by Gasteiger charge is -2.11. The number of ether oxygens (including phenoxy) is 2. The number of carboxylic acids is 1. The van der Waals surface area contributed by atoms with Crippen molar-refractivity contribution in [1.29, 1.82) is 0 Å². The molecule has 0 saturated carbocycles. The first-order chi connectivity index (χ1) is 7.58. The van der Waals surface area contributed by atoms with Crippen LogP contribution in [0.3, 0.4) is 0 Å². The van der Waals surface area contributed by atoms with Gasteiger partial charge < -0.3 is 20.3 Å². The number of hydrogen-bond acceptors (Lipinski definition) is 4. The van der Waals surface area contributed by atoms with E-state index in [0.717, 1.165) is 11.1 Å². The van der Waals surface area contributed by atoms with Gasteiger partial charge in [-0.25, -0.2) is 0 Å². The van der Waals surface area contributed by atoms with E-state index in [4.69, 9.17) is 20.3 Å². The number of benzene rings is 1. The number of hydrogen-bond donors (Lipinski definition) is 2. The Kier molecular flexibility index (Phi) is 2.70. The number of fused-ring (bicyclic) bond motifs is 1. The Hall–Kier alpha value is -1.75. The van der Waals surface area contributed by atoms with Crippen LogP contribution in [0.1, 0.15) is 23.6 Å². The van der Waals surface area contributed by atoms with Gasteiger partial charge in [-0.05, 0) is 24.1 Å². The van der Waals surface area contributed by atoms with Gasteiger partial charge >= 0.3 is 5.97 Å². The fourth-order valence-corrected chi connectivity index (χ4v) is 1.73. The van der Waals surface area contributed by atoms with Crippen LogP contribution in [0.5, 0.6) is 11.5 Å². The molecule has 0 aliphatic carbocycles. The minimum Gasteiger partial charge on any atom is -0.481 e. The molecule has 0 spiro atoms. The molecule has 16 heavy (non-hydrogen) atoms. The van der Waals surface area contributed by atoms with E-state index < -0.39 is 12.0 Å². The summed E-state index contributed by atoms with van der Waals surface area (Å²) in [5, 5.41) is 8.67. The molecule has 1 aromatic rings. The minimum atomic E-state index is -0.914. The van der Waals surface area contributed by atoms with Gasteiger partial charge in [-0.15, -0.1) is 0 Å². The highest BCUT2D eigenvalue weighted by Gasteiger charge is 2.20. The van der Waals surface area contributed by atoms with Crippen LogP contribution in [0, 0.1) is 6.92 Å². The third kappa shape index (κ3) is 1.94.